The highest BCUT2D eigenvalue weighted by Crippen LogP contribution is 2.24. The van der Waals surface area contributed by atoms with Gasteiger partial charge in [0, 0.05) is 11.3 Å². The van der Waals surface area contributed by atoms with Gasteiger partial charge in [-0.05, 0) is 18.6 Å². The number of hydrogen-bond acceptors (Lipinski definition) is 4. The summed E-state index contributed by atoms with van der Waals surface area (Å²) in [6, 6.07) is 11.7. The van der Waals surface area contributed by atoms with Crippen molar-refractivity contribution in [1.82, 2.24) is 0 Å². The topological polar surface area (TPSA) is 52.3 Å². The van der Waals surface area contributed by atoms with Crippen molar-refractivity contribution in [3.8, 4) is 0 Å². The Morgan fingerprint density at radius 1 is 1.33 bits per heavy atom. The highest BCUT2D eigenvalue weighted by Gasteiger charge is 2.13. The van der Waals surface area contributed by atoms with E-state index in [0.717, 1.165) is 16.9 Å². The zero-order valence-electron chi connectivity index (χ0n) is 10.2. The van der Waals surface area contributed by atoms with Gasteiger partial charge >= 0.3 is 5.97 Å². The SMILES string of the molecule is Cc1cc(C(=O)OCCc2ccccc2)c(N)s1. The number of rotatable bonds is 4. The number of thiophene rings is 1. The Morgan fingerprint density at radius 2 is 2.06 bits per heavy atom. The second-order valence-electron chi connectivity index (χ2n) is 4.01. The molecule has 4 heteroatoms. The highest BCUT2D eigenvalue weighted by molar-refractivity contribution is 7.16. The smallest absolute Gasteiger partial charge is 0.341 e. The van der Waals surface area contributed by atoms with E-state index in [1.165, 1.54) is 11.3 Å². The second-order valence-corrected chi connectivity index (χ2v) is 5.29. The molecule has 3 nitrogen and oxygen atoms in total. The van der Waals surface area contributed by atoms with Crippen LogP contribution in [0.3, 0.4) is 0 Å². The third kappa shape index (κ3) is 3.11. The first kappa shape index (κ1) is 12.6. The molecule has 0 aliphatic rings. The molecule has 0 fully saturated rings. The van der Waals surface area contributed by atoms with Gasteiger partial charge in [-0.25, -0.2) is 4.79 Å². The molecule has 94 valence electrons. The van der Waals surface area contributed by atoms with Gasteiger partial charge in [0.25, 0.3) is 0 Å². The van der Waals surface area contributed by atoms with Crippen molar-refractivity contribution in [3.05, 3.63) is 52.4 Å². The number of carbonyl (C=O) groups is 1. The number of hydrogen-bond donors (Lipinski definition) is 1. The van der Waals surface area contributed by atoms with Gasteiger partial charge in [-0.2, -0.15) is 0 Å². The van der Waals surface area contributed by atoms with Crippen LogP contribution in [-0.2, 0) is 11.2 Å². The summed E-state index contributed by atoms with van der Waals surface area (Å²) in [6.45, 7) is 2.29. The van der Waals surface area contributed by atoms with Crippen LogP contribution in [0.1, 0.15) is 20.8 Å². The van der Waals surface area contributed by atoms with E-state index >= 15 is 0 Å². The second kappa shape index (κ2) is 5.69. The third-order valence-electron chi connectivity index (χ3n) is 2.57. The van der Waals surface area contributed by atoms with Crippen LogP contribution in [0, 0.1) is 6.92 Å². The van der Waals surface area contributed by atoms with Gasteiger partial charge in [-0.1, -0.05) is 30.3 Å². The Labute approximate surface area is 110 Å². The Bertz CT molecular complexity index is 534. The maximum Gasteiger partial charge on any atom is 0.341 e. The number of esters is 1. The largest absolute Gasteiger partial charge is 0.462 e. The lowest BCUT2D eigenvalue weighted by Crippen LogP contribution is -2.08. The molecule has 2 N–H and O–H groups in total. The van der Waals surface area contributed by atoms with Crippen molar-refractivity contribution < 1.29 is 9.53 Å². The molecule has 0 saturated heterocycles. The number of carbonyl (C=O) groups excluding carboxylic acids is 1. The third-order valence-corrected chi connectivity index (χ3v) is 3.45. The van der Waals surface area contributed by atoms with Gasteiger partial charge in [0.05, 0.1) is 12.2 Å². The molecular weight excluding hydrogens is 246 g/mol. The summed E-state index contributed by atoms with van der Waals surface area (Å²) in [5, 5.41) is 0.525. The average molecular weight is 261 g/mol. The highest BCUT2D eigenvalue weighted by atomic mass is 32.1. The molecule has 1 aromatic heterocycles. The average Bonchev–Trinajstić information content (AvgIpc) is 2.70. The molecule has 0 radical (unpaired) electrons. The number of nitrogens with two attached hydrogens (primary N) is 1. The van der Waals surface area contributed by atoms with E-state index in [0.29, 0.717) is 17.2 Å². The summed E-state index contributed by atoms with van der Waals surface area (Å²) in [5.74, 6) is -0.340. The molecular formula is C14H15NO2S. The fourth-order valence-electron chi connectivity index (χ4n) is 1.68. The zero-order chi connectivity index (χ0) is 13.0. The van der Waals surface area contributed by atoms with Crippen LogP contribution >= 0.6 is 11.3 Å². The molecule has 1 heterocycles. The van der Waals surface area contributed by atoms with Gasteiger partial charge in [0.1, 0.15) is 5.00 Å². The molecule has 0 aliphatic carbocycles. The van der Waals surface area contributed by atoms with Crippen molar-refractivity contribution in [2.75, 3.05) is 12.3 Å². The minimum Gasteiger partial charge on any atom is -0.462 e. The van der Waals surface area contributed by atoms with E-state index in [1.807, 2.05) is 37.3 Å². The minimum absolute atomic E-state index is 0.340. The molecule has 0 unspecified atom stereocenters. The van der Waals surface area contributed by atoms with Crippen LogP contribution in [0.5, 0.6) is 0 Å². The monoisotopic (exact) mass is 261 g/mol. The predicted octanol–water partition coefficient (Wildman–Crippen LogP) is 3.04. The molecule has 18 heavy (non-hydrogen) atoms. The van der Waals surface area contributed by atoms with Crippen molar-refractivity contribution in [2.45, 2.75) is 13.3 Å². The summed E-state index contributed by atoms with van der Waals surface area (Å²) in [5.41, 5.74) is 7.37. The van der Waals surface area contributed by atoms with Gasteiger partial charge < -0.3 is 10.5 Å². The lowest BCUT2D eigenvalue weighted by molar-refractivity contribution is 0.0511. The van der Waals surface area contributed by atoms with Gasteiger partial charge in [0.2, 0.25) is 0 Å². The fourth-order valence-corrected chi connectivity index (χ4v) is 2.45. The van der Waals surface area contributed by atoms with Crippen molar-refractivity contribution in [3.63, 3.8) is 0 Å². The number of ether oxygens (including phenoxy) is 1. The number of aryl methyl sites for hydroxylation is 1. The van der Waals surface area contributed by atoms with E-state index in [4.69, 9.17) is 10.5 Å². The molecule has 0 saturated carbocycles. The maximum atomic E-state index is 11.8. The van der Waals surface area contributed by atoms with E-state index < -0.39 is 0 Å². The van der Waals surface area contributed by atoms with E-state index in [9.17, 15) is 4.79 Å². The van der Waals surface area contributed by atoms with Crippen LogP contribution in [0.15, 0.2) is 36.4 Å². The van der Waals surface area contributed by atoms with E-state index in [1.54, 1.807) is 6.07 Å². The first-order chi connectivity index (χ1) is 8.66. The maximum absolute atomic E-state index is 11.8. The standard InChI is InChI=1S/C14H15NO2S/c1-10-9-12(13(15)18-10)14(16)17-8-7-11-5-3-2-4-6-11/h2-6,9H,7-8,15H2,1H3. The van der Waals surface area contributed by atoms with Crippen LogP contribution in [0.25, 0.3) is 0 Å². The number of anilines is 1. The molecule has 0 spiro atoms. The van der Waals surface area contributed by atoms with Crippen LogP contribution in [0.4, 0.5) is 5.00 Å². The van der Waals surface area contributed by atoms with Crippen LogP contribution in [0.2, 0.25) is 0 Å². The molecule has 1 aromatic carbocycles. The minimum atomic E-state index is -0.340. The van der Waals surface area contributed by atoms with Crippen LogP contribution in [-0.4, -0.2) is 12.6 Å². The molecule has 0 bridgehead atoms. The molecule has 0 atom stereocenters. The van der Waals surface area contributed by atoms with Crippen molar-refractivity contribution in [2.24, 2.45) is 0 Å². The van der Waals surface area contributed by atoms with E-state index in [-0.39, 0.29) is 5.97 Å². The van der Waals surface area contributed by atoms with E-state index in [2.05, 4.69) is 0 Å². The fraction of sp³-hybridized carbons (Fsp3) is 0.214. The van der Waals surface area contributed by atoms with Crippen LogP contribution < -0.4 is 5.73 Å². The Kier molecular flexibility index (Phi) is 3.99. The molecule has 2 aromatic rings. The zero-order valence-corrected chi connectivity index (χ0v) is 11.0. The van der Waals surface area contributed by atoms with Crippen molar-refractivity contribution >= 4 is 22.3 Å². The number of nitrogen functional groups attached to an aromatic ring is 1. The lowest BCUT2D eigenvalue weighted by Gasteiger charge is -2.04. The summed E-state index contributed by atoms with van der Waals surface area (Å²) in [4.78, 5) is 12.8. The predicted molar refractivity (Wildman–Crippen MR) is 73.9 cm³/mol. The Hall–Kier alpha value is -1.81. The number of benzene rings is 1. The Morgan fingerprint density at radius 3 is 2.67 bits per heavy atom. The summed E-state index contributed by atoms with van der Waals surface area (Å²) < 4.78 is 5.21. The normalized spacial score (nSPS) is 10.3. The summed E-state index contributed by atoms with van der Waals surface area (Å²) in [7, 11) is 0. The first-order valence-electron chi connectivity index (χ1n) is 5.74. The van der Waals surface area contributed by atoms with Gasteiger partial charge in [-0.15, -0.1) is 11.3 Å². The van der Waals surface area contributed by atoms with Gasteiger partial charge in [-0.3, -0.25) is 0 Å². The summed E-state index contributed by atoms with van der Waals surface area (Å²) in [6.07, 6.45) is 0.718. The Balaban J connectivity index is 1.87. The molecule has 0 aliphatic heterocycles. The van der Waals surface area contributed by atoms with Gasteiger partial charge in [0.15, 0.2) is 0 Å². The quantitative estimate of drug-likeness (QED) is 0.861. The molecule has 2 rings (SSSR count). The van der Waals surface area contributed by atoms with Crippen molar-refractivity contribution in [1.29, 1.82) is 0 Å². The summed E-state index contributed by atoms with van der Waals surface area (Å²) >= 11 is 1.40. The first-order valence-corrected chi connectivity index (χ1v) is 6.55. The molecule has 0 amide bonds. The lowest BCUT2D eigenvalue weighted by atomic mass is 10.2.